The lowest BCUT2D eigenvalue weighted by molar-refractivity contribution is 0.0730. The zero-order valence-corrected chi connectivity index (χ0v) is 20.0. The van der Waals surface area contributed by atoms with Crippen molar-refractivity contribution < 1.29 is 17.9 Å². The fourth-order valence-corrected chi connectivity index (χ4v) is 6.00. The van der Waals surface area contributed by atoms with Gasteiger partial charge in [0.2, 0.25) is 10.0 Å². The van der Waals surface area contributed by atoms with Gasteiger partial charge >= 0.3 is 0 Å². The third-order valence-electron chi connectivity index (χ3n) is 5.62. The van der Waals surface area contributed by atoms with Crippen LogP contribution in [-0.2, 0) is 14.8 Å². The van der Waals surface area contributed by atoms with E-state index >= 15 is 0 Å². The number of nitrogens with zero attached hydrogens (tertiary/aromatic N) is 3. The molecule has 0 spiro atoms. The molecular formula is C24H22N4O4S2. The van der Waals surface area contributed by atoms with Crippen molar-refractivity contribution in [2.24, 2.45) is 0 Å². The second-order valence-corrected chi connectivity index (χ2v) is 10.8. The Labute approximate surface area is 201 Å². The summed E-state index contributed by atoms with van der Waals surface area (Å²) in [6, 6.07) is 15.6. The van der Waals surface area contributed by atoms with Crippen molar-refractivity contribution >= 4 is 43.3 Å². The van der Waals surface area contributed by atoms with Crippen molar-refractivity contribution in [2.75, 3.05) is 31.6 Å². The highest BCUT2D eigenvalue weighted by molar-refractivity contribution is 7.89. The standard InChI is InChI=1S/C24H22N4O4S2/c1-16-4-5-18(23-27-20-3-2-10-25-24(20)33-23)15-21(16)26-22(29)17-6-8-19(9-7-17)34(30,31)28-11-13-32-14-12-28/h2-10,15H,11-14H2,1H3,(H,26,29). The normalized spacial score (nSPS) is 14.9. The summed E-state index contributed by atoms with van der Waals surface area (Å²) in [4.78, 5) is 22.9. The summed E-state index contributed by atoms with van der Waals surface area (Å²) in [6.45, 7) is 3.32. The number of benzene rings is 2. The number of amides is 1. The number of pyridine rings is 1. The molecule has 0 radical (unpaired) electrons. The fraction of sp³-hybridized carbons (Fsp3) is 0.208. The van der Waals surface area contributed by atoms with Crippen LogP contribution in [0.25, 0.3) is 20.9 Å². The van der Waals surface area contributed by atoms with Crippen LogP contribution in [0.15, 0.2) is 65.7 Å². The molecule has 4 aromatic rings. The Kier molecular flexibility index (Phi) is 6.13. The molecule has 1 fully saturated rings. The second kappa shape index (κ2) is 9.22. The van der Waals surface area contributed by atoms with E-state index in [1.165, 1.54) is 39.9 Å². The van der Waals surface area contributed by atoms with Gasteiger partial charge in [0.15, 0.2) is 0 Å². The third kappa shape index (κ3) is 4.45. The lowest BCUT2D eigenvalue weighted by Crippen LogP contribution is -2.40. The Morgan fingerprint density at radius 1 is 1.09 bits per heavy atom. The van der Waals surface area contributed by atoms with Crippen LogP contribution in [0, 0.1) is 6.92 Å². The zero-order chi connectivity index (χ0) is 23.7. The number of rotatable bonds is 5. The van der Waals surface area contributed by atoms with E-state index < -0.39 is 10.0 Å². The largest absolute Gasteiger partial charge is 0.379 e. The number of anilines is 1. The monoisotopic (exact) mass is 494 g/mol. The van der Waals surface area contributed by atoms with E-state index in [0.717, 1.165) is 26.5 Å². The van der Waals surface area contributed by atoms with Crippen molar-refractivity contribution in [3.8, 4) is 10.6 Å². The lowest BCUT2D eigenvalue weighted by Gasteiger charge is -2.26. The summed E-state index contributed by atoms with van der Waals surface area (Å²) in [5.41, 5.74) is 3.66. The molecule has 174 valence electrons. The highest BCUT2D eigenvalue weighted by Gasteiger charge is 2.26. The molecule has 1 N–H and O–H groups in total. The Morgan fingerprint density at radius 2 is 1.85 bits per heavy atom. The van der Waals surface area contributed by atoms with E-state index in [-0.39, 0.29) is 10.8 Å². The summed E-state index contributed by atoms with van der Waals surface area (Å²) in [7, 11) is -3.61. The van der Waals surface area contributed by atoms with E-state index in [9.17, 15) is 13.2 Å². The number of carbonyl (C=O) groups excluding carboxylic acids is 1. The Balaban J connectivity index is 1.35. The number of hydrogen-bond donors (Lipinski definition) is 1. The first kappa shape index (κ1) is 22.6. The molecule has 10 heteroatoms. The highest BCUT2D eigenvalue weighted by Crippen LogP contribution is 2.31. The van der Waals surface area contributed by atoms with Gasteiger partial charge in [-0.05, 0) is 55.0 Å². The van der Waals surface area contributed by atoms with Crippen LogP contribution in [0.3, 0.4) is 0 Å². The summed E-state index contributed by atoms with van der Waals surface area (Å²) in [5, 5.41) is 3.76. The van der Waals surface area contributed by atoms with Crippen molar-refractivity contribution in [3.63, 3.8) is 0 Å². The van der Waals surface area contributed by atoms with Crippen molar-refractivity contribution in [1.82, 2.24) is 14.3 Å². The average molecular weight is 495 g/mol. The molecule has 0 atom stereocenters. The van der Waals surface area contributed by atoms with E-state index in [1.807, 2.05) is 37.3 Å². The second-order valence-electron chi connectivity index (χ2n) is 7.87. The minimum Gasteiger partial charge on any atom is -0.379 e. The van der Waals surface area contributed by atoms with Gasteiger partial charge in [0.25, 0.3) is 5.91 Å². The number of aromatic nitrogens is 2. The molecule has 0 aliphatic carbocycles. The molecule has 0 bridgehead atoms. The van der Waals surface area contributed by atoms with Gasteiger partial charge in [-0.15, -0.1) is 0 Å². The van der Waals surface area contributed by atoms with Gasteiger partial charge in [-0.2, -0.15) is 4.31 Å². The first-order chi connectivity index (χ1) is 16.4. The first-order valence-electron chi connectivity index (χ1n) is 10.7. The lowest BCUT2D eigenvalue weighted by atomic mass is 10.1. The number of thiazole rings is 1. The van der Waals surface area contributed by atoms with Crippen molar-refractivity contribution in [2.45, 2.75) is 11.8 Å². The number of nitrogens with one attached hydrogen (secondary N) is 1. The SMILES string of the molecule is Cc1ccc(-c2nc3cccnc3s2)cc1NC(=O)c1ccc(S(=O)(=O)N2CCOCC2)cc1. The maximum absolute atomic E-state index is 12.9. The summed E-state index contributed by atoms with van der Waals surface area (Å²) >= 11 is 1.49. The molecule has 2 aromatic carbocycles. The van der Waals surface area contributed by atoms with Crippen LogP contribution < -0.4 is 5.32 Å². The number of aryl methyl sites for hydroxylation is 1. The molecule has 1 amide bonds. The quantitative estimate of drug-likeness (QED) is 0.451. The van der Waals surface area contributed by atoms with E-state index in [4.69, 9.17) is 4.74 Å². The maximum atomic E-state index is 12.9. The summed E-state index contributed by atoms with van der Waals surface area (Å²) < 4.78 is 32.2. The van der Waals surface area contributed by atoms with Crippen LogP contribution in [0.2, 0.25) is 0 Å². The molecule has 2 aromatic heterocycles. The molecule has 0 saturated carbocycles. The average Bonchev–Trinajstić information content (AvgIpc) is 3.30. The van der Waals surface area contributed by atoms with Gasteiger partial charge in [0, 0.05) is 36.1 Å². The van der Waals surface area contributed by atoms with Gasteiger partial charge in [-0.25, -0.2) is 18.4 Å². The molecule has 1 aliphatic rings. The predicted octanol–water partition coefficient (Wildman–Crippen LogP) is 3.94. The van der Waals surface area contributed by atoms with Crippen LogP contribution in [0.5, 0.6) is 0 Å². The van der Waals surface area contributed by atoms with Gasteiger partial charge in [0.05, 0.1) is 18.1 Å². The molecule has 8 nitrogen and oxygen atoms in total. The van der Waals surface area contributed by atoms with Crippen LogP contribution in [0.4, 0.5) is 5.69 Å². The van der Waals surface area contributed by atoms with Gasteiger partial charge < -0.3 is 10.1 Å². The highest BCUT2D eigenvalue weighted by atomic mass is 32.2. The molecule has 5 rings (SSSR count). The Hall–Kier alpha value is -3.18. The van der Waals surface area contributed by atoms with Crippen LogP contribution in [0.1, 0.15) is 15.9 Å². The predicted molar refractivity (Wildman–Crippen MR) is 132 cm³/mol. The van der Waals surface area contributed by atoms with Crippen molar-refractivity contribution in [1.29, 1.82) is 0 Å². The van der Waals surface area contributed by atoms with Crippen LogP contribution in [-0.4, -0.2) is 54.9 Å². The Morgan fingerprint density at radius 3 is 2.59 bits per heavy atom. The fourth-order valence-electron chi connectivity index (χ4n) is 3.69. The van der Waals surface area contributed by atoms with E-state index in [0.29, 0.717) is 37.6 Å². The Bertz CT molecular complexity index is 1430. The number of hydrogen-bond acceptors (Lipinski definition) is 7. The topological polar surface area (TPSA) is 101 Å². The van der Waals surface area contributed by atoms with Gasteiger partial charge in [-0.3, -0.25) is 4.79 Å². The number of ether oxygens (including phenoxy) is 1. The van der Waals surface area contributed by atoms with Gasteiger partial charge in [0.1, 0.15) is 15.4 Å². The minimum absolute atomic E-state index is 0.161. The van der Waals surface area contributed by atoms with Crippen LogP contribution >= 0.6 is 11.3 Å². The minimum atomic E-state index is -3.61. The number of morpholine rings is 1. The van der Waals surface area contributed by atoms with Gasteiger partial charge in [-0.1, -0.05) is 23.5 Å². The molecular weight excluding hydrogens is 472 g/mol. The zero-order valence-electron chi connectivity index (χ0n) is 18.4. The summed E-state index contributed by atoms with van der Waals surface area (Å²) in [6.07, 6.45) is 1.74. The van der Waals surface area contributed by atoms with E-state index in [2.05, 4.69) is 15.3 Å². The smallest absolute Gasteiger partial charge is 0.255 e. The molecule has 3 heterocycles. The molecule has 0 unspecified atom stereocenters. The number of carbonyl (C=O) groups is 1. The van der Waals surface area contributed by atoms with Crippen molar-refractivity contribution in [3.05, 3.63) is 71.9 Å². The number of sulfonamides is 1. The molecule has 1 aliphatic heterocycles. The maximum Gasteiger partial charge on any atom is 0.255 e. The third-order valence-corrected chi connectivity index (χ3v) is 8.56. The molecule has 1 saturated heterocycles. The first-order valence-corrected chi connectivity index (χ1v) is 13.0. The number of fused-ring (bicyclic) bond motifs is 1. The van der Waals surface area contributed by atoms with E-state index in [1.54, 1.807) is 6.20 Å². The summed E-state index contributed by atoms with van der Waals surface area (Å²) in [5.74, 6) is -0.318. The molecule has 34 heavy (non-hydrogen) atoms.